The van der Waals surface area contributed by atoms with Crippen molar-refractivity contribution < 1.29 is 19.5 Å². The van der Waals surface area contributed by atoms with E-state index in [9.17, 15) is 14.4 Å². The molecule has 1 fully saturated rings. The summed E-state index contributed by atoms with van der Waals surface area (Å²) in [7, 11) is 0. The molecule has 0 radical (unpaired) electrons. The molecule has 0 spiro atoms. The first-order chi connectivity index (χ1) is 8.49. The molecule has 1 unspecified atom stereocenters. The first-order valence-corrected chi connectivity index (χ1v) is 6.80. The fraction of sp³-hybridized carbons (Fsp3) is 0.700. The second-order valence-electron chi connectivity index (χ2n) is 4.09. The highest BCUT2D eigenvalue weighted by atomic mass is 32.2. The van der Waals surface area contributed by atoms with Crippen molar-refractivity contribution in [2.24, 2.45) is 5.73 Å². The molecule has 0 aromatic carbocycles. The van der Waals surface area contributed by atoms with Gasteiger partial charge in [0.2, 0.25) is 5.91 Å². The van der Waals surface area contributed by atoms with Crippen molar-refractivity contribution in [3.8, 4) is 0 Å². The Morgan fingerprint density at radius 1 is 1.44 bits per heavy atom. The standard InChI is InChI=1S/C10H17N3O4S/c11-8(14)4-7(9(15)16)13-10(17)12-6-2-1-3-18-5-6/h6-7H,1-5H2,(H2,11,14)(H,15,16)(H2,12,13,17)/t6?,7-/m1/s1. The Bertz CT molecular complexity index is 331. The molecule has 3 amide bonds. The summed E-state index contributed by atoms with van der Waals surface area (Å²) in [4.78, 5) is 33.0. The maximum absolute atomic E-state index is 11.6. The zero-order chi connectivity index (χ0) is 13.5. The summed E-state index contributed by atoms with van der Waals surface area (Å²) in [6.07, 6.45) is 1.50. The highest BCUT2D eigenvalue weighted by molar-refractivity contribution is 7.99. The van der Waals surface area contributed by atoms with Gasteiger partial charge in [-0.25, -0.2) is 9.59 Å². The van der Waals surface area contributed by atoms with Gasteiger partial charge in [-0.2, -0.15) is 11.8 Å². The number of carbonyl (C=O) groups excluding carboxylic acids is 2. The SMILES string of the molecule is NC(=O)C[C@@H](NC(=O)NC1CCCSC1)C(=O)O. The maximum atomic E-state index is 11.6. The van der Waals surface area contributed by atoms with Gasteiger partial charge < -0.3 is 21.5 Å². The minimum atomic E-state index is -1.28. The van der Waals surface area contributed by atoms with Gasteiger partial charge in [0.05, 0.1) is 6.42 Å². The van der Waals surface area contributed by atoms with Crippen LogP contribution < -0.4 is 16.4 Å². The molecule has 1 aliphatic heterocycles. The second kappa shape index (κ2) is 7.10. The lowest BCUT2D eigenvalue weighted by molar-refractivity contribution is -0.140. The van der Waals surface area contributed by atoms with Crippen LogP contribution in [0.15, 0.2) is 0 Å². The first kappa shape index (κ1) is 14.6. The van der Waals surface area contributed by atoms with Crippen LogP contribution in [-0.2, 0) is 9.59 Å². The van der Waals surface area contributed by atoms with E-state index in [1.54, 1.807) is 11.8 Å². The number of nitrogens with one attached hydrogen (secondary N) is 2. The van der Waals surface area contributed by atoms with Gasteiger partial charge in [-0.3, -0.25) is 4.79 Å². The van der Waals surface area contributed by atoms with Gasteiger partial charge in [0.1, 0.15) is 6.04 Å². The molecule has 0 aromatic heterocycles. The Labute approximate surface area is 109 Å². The van der Waals surface area contributed by atoms with Crippen LogP contribution in [0.5, 0.6) is 0 Å². The molecule has 7 nitrogen and oxygen atoms in total. The second-order valence-corrected chi connectivity index (χ2v) is 5.24. The molecule has 1 saturated heterocycles. The van der Waals surface area contributed by atoms with E-state index < -0.39 is 30.4 Å². The Morgan fingerprint density at radius 2 is 2.17 bits per heavy atom. The summed E-state index contributed by atoms with van der Waals surface area (Å²) in [5, 5.41) is 13.7. The summed E-state index contributed by atoms with van der Waals surface area (Å²) >= 11 is 1.75. The molecule has 0 aliphatic carbocycles. The summed E-state index contributed by atoms with van der Waals surface area (Å²) in [6, 6.07) is -1.80. The number of carbonyl (C=O) groups is 3. The molecular weight excluding hydrogens is 258 g/mol. The van der Waals surface area contributed by atoms with Gasteiger partial charge >= 0.3 is 12.0 Å². The topological polar surface area (TPSA) is 122 Å². The average molecular weight is 275 g/mol. The highest BCUT2D eigenvalue weighted by Gasteiger charge is 2.23. The molecule has 1 rings (SSSR count). The van der Waals surface area contributed by atoms with Crippen LogP contribution in [0.25, 0.3) is 0 Å². The number of amides is 3. The molecule has 2 atom stereocenters. The Morgan fingerprint density at radius 3 is 2.67 bits per heavy atom. The third kappa shape index (κ3) is 5.26. The normalized spacial score (nSPS) is 20.8. The number of hydrogen-bond donors (Lipinski definition) is 4. The quantitative estimate of drug-likeness (QED) is 0.539. The molecule has 0 bridgehead atoms. The molecule has 18 heavy (non-hydrogen) atoms. The van der Waals surface area contributed by atoms with Crippen molar-refractivity contribution in [1.29, 1.82) is 0 Å². The molecular formula is C10H17N3O4S. The minimum Gasteiger partial charge on any atom is -0.480 e. The van der Waals surface area contributed by atoms with E-state index in [0.29, 0.717) is 0 Å². The van der Waals surface area contributed by atoms with E-state index in [1.807, 2.05) is 0 Å². The number of carboxylic acid groups (broad SMARTS) is 1. The summed E-state index contributed by atoms with van der Waals surface area (Å²) < 4.78 is 0. The van der Waals surface area contributed by atoms with Crippen molar-refractivity contribution in [2.75, 3.05) is 11.5 Å². The lowest BCUT2D eigenvalue weighted by Crippen LogP contribution is -2.51. The number of aliphatic carboxylic acids is 1. The molecule has 102 valence electrons. The predicted molar refractivity (Wildman–Crippen MR) is 67.2 cm³/mol. The van der Waals surface area contributed by atoms with Crippen molar-refractivity contribution in [3.05, 3.63) is 0 Å². The van der Waals surface area contributed by atoms with E-state index in [2.05, 4.69) is 10.6 Å². The highest BCUT2D eigenvalue weighted by Crippen LogP contribution is 2.16. The van der Waals surface area contributed by atoms with Crippen LogP contribution in [0.1, 0.15) is 19.3 Å². The van der Waals surface area contributed by atoms with Crippen molar-refractivity contribution in [2.45, 2.75) is 31.3 Å². The van der Waals surface area contributed by atoms with Crippen LogP contribution in [0.4, 0.5) is 4.79 Å². The average Bonchev–Trinajstić information content (AvgIpc) is 2.28. The minimum absolute atomic E-state index is 0.0479. The first-order valence-electron chi connectivity index (χ1n) is 5.65. The number of thioether (sulfide) groups is 1. The largest absolute Gasteiger partial charge is 0.480 e. The molecule has 1 aliphatic rings. The van der Waals surface area contributed by atoms with Gasteiger partial charge in [0.15, 0.2) is 0 Å². The number of urea groups is 1. The van der Waals surface area contributed by atoms with Crippen molar-refractivity contribution in [1.82, 2.24) is 10.6 Å². The van der Waals surface area contributed by atoms with Crippen LogP contribution in [-0.4, -0.2) is 46.6 Å². The number of hydrogen-bond acceptors (Lipinski definition) is 4. The third-order valence-corrected chi connectivity index (χ3v) is 3.72. The molecule has 1 heterocycles. The maximum Gasteiger partial charge on any atom is 0.326 e. The number of nitrogens with two attached hydrogens (primary N) is 1. The Balaban J connectivity index is 2.40. The fourth-order valence-corrected chi connectivity index (χ4v) is 2.71. The van der Waals surface area contributed by atoms with E-state index >= 15 is 0 Å². The van der Waals surface area contributed by atoms with E-state index in [0.717, 1.165) is 24.3 Å². The third-order valence-electron chi connectivity index (χ3n) is 2.50. The summed E-state index contributed by atoms with van der Waals surface area (Å²) in [5.41, 5.74) is 4.91. The lowest BCUT2D eigenvalue weighted by atomic mass is 10.2. The summed E-state index contributed by atoms with van der Waals surface area (Å²) in [6.45, 7) is 0. The zero-order valence-electron chi connectivity index (χ0n) is 9.85. The van der Waals surface area contributed by atoms with Gasteiger partial charge in [0.25, 0.3) is 0 Å². The van der Waals surface area contributed by atoms with Crippen LogP contribution in [0.3, 0.4) is 0 Å². The van der Waals surface area contributed by atoms with Crippen LogP contribution in [0.2, 0.25) is 0 Å². The number of primary amides is 1. The fourth-order valence-electron chi connectivity index (χ4n) is 1.64. The number of carboxylic acids is 1. The Kier molecular flexibility index (Phi) is 5.76. The van der Waals surface area contributed by atoms with Crippen LogP contribution in [0, 0.1) is 0 Å². The zero-order valence-corrected chi connectivity index (χ0v) is 10.7. The molecule has 5 N–H and O–H groups in total. The van der Waals surface area contributed by atoms with Crippen molar-refractivity contribution in [3.63, 3.8) is 0 Å². The molecule has 0 aromatic rings. The molecule has 0 saturated carbocycles. The molecule has 8 heteroatoms. The lowest BCUT2D eigenvalue weighted by Gasteiger charge is -2.23. The van der Waals surface area contributed by atoms with E-state index in [1.165, 1.54) is 0 Å². The monoisotopic (exact) mass is 275 g/mol. The van der Waals surface area contributed by atoms with E-state index in [4.69, 9.17) is 10.8 Å². The predicted octanol–water partition coefficient (Wildman–Crippen LogP) is -0.490. The van der Waals surface area contributed by atoms with Gasteiger partial charge in [0, 0.05) is 11.8 Å². The number of rotatable bonds is 5. The Hall–Kier alpha value is -1.44. The van der Waals surface area contributed by atoms with Gasteiger partial charge in [-0.1, -0.05) is 0 Å². The van der Waals surface area contributed by atoms with Gasteiger partial charge in [-0.05, 0) is 18.6 Å². The smallest absolute Gasteiger partial charge is 0.326 e. The van der Waals surface area contributed by atoms with Crippen LogP contribution >= 0.6 is 11.8 Å². The van der Waals surface area contributed by atoms with E-state index in [-0.39, 0.29) is 6.04 Å². The van der Waals surface area contributed by atoms with Crippen molar-refractivity contribution >= 4 is 29.7 Å². The van der Waals surface area contributed by atoms with Gasteiger partial charge in [-0.15, -0.1) is 0 Å². The summed E-state index contributed by atoms with van der Waals surface area (Å²) in [5.74, 6) is -0.141.